The predicted octanol–water partition coefficient (Wildman–Crippen LogP) is 1.39. The highest BCUT2D eigenvalue weighted by atomic mass is 16.5. The Kier molecular flexibility index (Phi) is 6.66. The minimum Gasteiger partial charge on any atom is -0.379 e. The standard InChI is InChI=1S/C16H24N2O3/c17-15(13-6-2-1-3-7-13)16(19)18-9-5-10-20-12-14-8-4-11-21-14/h1-3,6-7,14-15H,4-5,8-12,17H2,(H,18,19)/t14?,15-/m1/s1. The second kappa shape index (κ2) is 8.77. The maximum Gasteiger partial charge on any atom is 0.241 e. The fourth-order valence-electron chi connectivity index (χ4n) is 2.30. The maximum absolute atomic E-state index is 11.9. The summed E-state index contributed by atoms with van der Waals surface area (Å²) in [6, 6.07) is 8.76. The van der Waals surface area contributed by atoms with E-state index in [0.29, 0.717) is 19.8 Å². The van der Waals surface area contributed by atoms with Gasteiger partial charge in [-0.05, 0) is 24.8 Å². The number of nitrogens with one attached hydrogen (secondary N) is 1. The van der Waals surface area contributed by atoms with Crippen molar-refractivity contribution in [2.45, 2.75) is 31.4 Å². The van der Waals surface area contributed by atoms with Crippen molar-refractivity contribution in [2.24, 2.45) is 5.73 Å². The van der Waals surface area contributed by atoms with Crippen molar-refractivity contribution in [2.75, 3.05) is 26.4 Å². The Morgan fingerprint density at radius 2 is 2.24 bits per heavy atom. The molecule has 21 heavy (non-hydrogen) atoms. The molecule has 5 nitrogen and oxygen atoms in total. The van der Waals surface area contributed by atoms with E-state index in [0.717, 1.165) is 31.4 Å². The smallest absolute Gasteiger partial charge is 0.241 e. The van der Waals surface area contributed by atoms with E-state index in [2.05, 4.69) is 5.32 Å². The first-order valence-electron chi connectivity index (χ1n) is 7.55. The molecule has 1 amide bonds. The van der Waals surface area contributed by atoms with Crippen LogP contribution in [-0.4, -0.2) is 38.4 Å². The summed E-state index contributed by atoms with van der Waals surface area (Å²) in [6.07, 6.45) is 3.25. The summed E-state index contributed by atoms with van der Waals surface area (Å²) in [4.78, 5) is 11.9. The molecule has 1 aliphatic heterocycles. The van der Waals surface area contributed by atoms with Crippen LogP contribution >= 0.6 is 0 Å². The molecular weight excluding hydrogens is 268 g/mol. The van der Waals surface area contributed by atoms with Gasteiger partial charge in [-0.1, -0.05) is 30.3 Å². The van der Waals surface area contributed by atoms with Gasteiger partial charge in [0.2, 0.25) is 5.91 Å². The quantitative estimate of drug-likeness (QED) is 0.710. The number of hydrogen-bond acceptors (Lipinski definition) is 4. The number of rotatable bonds is 8. The largest absolute Gasteiger partial charge is 0.379 e. The average Bonchev–Trinajstić information content (AvgIpc) is 3.04. The van der Waals surface area contributed by atoms with Gasteiger partial charge in [0.05, 0.1) is 12.7 Å². The highest BCUT2D eigenvalue weighted by Gasteiger charge is 2.16. The van der Waals surface area contributed by atoms with Crippen molar-refractivity contribution in [1.82, 2.24) is 5.32 Å². The Labute approximate surface area is 125 Å². The number of amides is 1. The first-order chi connectivity index (χ1) is 10.3. The van der Waals surface area contributed by atoms with Gasteiger partial charge in [-0.25, -0.2) is 0 Å². The lowest BCUT2D eigenvalue weighted by Crippen LogP contribution is -2.35. The van der Waals surface area contributed by atoms with E-state index >= 15 is 0 Å². The second-order valence-corrected chi connectivity index (χ2v) is 5.24. The van der Waals surface area contributed by atoms with Crippen LogP contribution in [0.5, 0.6) is 0 Å². The van der Waals surface area contributed by atoms with Gasteiger partial charge in [0, 0.05) is 19.8 Å². The molecule has 2 atom stereocenters. The lowest BCUT2D eigenvalue weighted by atomic mass is 10.1. The molecule has 0 radical (unpaired) electrons. The summed E-state index contributed by atoms with van der Waals surface area (Å²) in [5, 5.41) is 2.83. The first kappa shape index (κ1) is 15.9. The van der Waals surface area contributed by atoms with Gasteiger partial charge < -0.3 is 20.5 Å². The van der Waals surface area contributed by atoms with E-state index in [1.807, 2.05) is 30.3 Å². The third-order valence-corrected chi connectivity index (χ3v) is 3.53. The number of nitrogens with two attached hydrogens (primary N) is 1. The number of ether oxygens (including phenoxy) is 2. The average molecular weight is 292 g/mol. The summed E-state index contributed by atoms with van der Waals surface area (Å²) in [6.45, 7) is 2.70. The Morgan fingerprint density at radius 1 is 1.43 bits per heavy atom. The third kappa shape index (κ3) is 5.46. The minimum absolute atomic E-state index is 0.152. The van der Waals surface area contributed by atoms with Crippen LogP contribution in [0.25, 0.3) is 0 Å². The van der Waals surface area contributed by atoms with Gasteiger partial charge in [0.1, 0.15) is 6.04 Å². The topological polar surface area (TPSA) is 73.6 Å². The highest BCUT2D eigenvalue weighted by Crippen LogP contribution is 2.12. The fraction of sp³-hybridized carbons (Fsp3) is 0.562. The molecule has 3 N–H and O–H groups in total. The molecule has 0 aliphatic carbocycles. The maximum atomic E-state index is 11.9. The molecule has 1 unspecified atom stereocenters. The van der Waals surface area contributed by atoms with Gasteiger partial charge in [0.25, 0.3) is 0 Å². The minimum atomic E-state index is -0.612. The number of benzene rings is 1. The summed E-state index contributed by atoms with van der Waals surface area (Å²) in [5.41, 5.74) is 6.73. The van der Waals surface area contributed by atoms with E-state index in [-0.39, 0.29) is 12.0 Å². The van der Waals surface area contributed by atoms with Crippen LogP contribution in [0.4, 0.5) is 0 Å². The highest BCUT2D eigenvalue weighted by molar-refractivity contribution is 5.82. The van der Waals surface area contributed by atoms with Crippen molar-refractivity contribution in [3.05, 3.63) is 35.9 Å². The summed E-state index contributed by atoms with van der Waals surface area (Å²) >= 11 is 0. The Bertz CT molecular complexity index is 419. The lowest BCUT2D eigenvalue weighted by molar-refractivity contribution is -0.122. The van der Waals surface area contributed by atoms with Crippen LogP contribution in [-0.2, 0) is 14.3 Å². The van der Waals surface area contributed by atoms with Crippen LogP contribution in [0.3, 0.4) is 0 Å². The molecule has 0 aromatic heterocycles. The molecule has 1 saturated heterocycles. The predicted molar refractivity (Wildman–Crippen MR) is 80.8 cm³/mol. The monoisotopic (exact) mass is 292 g/mol. The van der Waals surface area contributed by atoms with E-state index in [9.17, 15) is 4.79 Å². The number of carbonyl (C=O) groups excluding carboxylic acids is 1. The Balaban J connectivity index is 1.54. The SMILES string of the molecule is N[C@@H](C(=O)NCCCOCC1CCCO1)c1ccccc1. The van der Waals surface area contributed by atoms with Crippen molar-refractivity contribution < 1.29 is 14.3 Å². The van der Waals surface area contributed by atoms with Crippen LogP contribution < -0.4 is 11.1 Å². The van der Waals surface area contributed by atoms with Gasteiger partial charge in [-0.2, -0.15) is 0 Å². The summed E-state index contributed by atoms with van der Waals surface area (Å²) in [5.74, 6) is -0.152. The zero-order chi connectivity index (χ0) is 14.9. The molecule has 116 valence electrons. The fourth-order valence-corrected chi connectivity index (χ4v) is 2.30. The van der Waals surface area contributed by atoms with Gasteiger partial charge in [-0.3, -0.25) is 4.79 Å². The van der Waals surface area contributed by atoms with Gasteiger partial charge in [-0.15, -0.1) is 0 Å². The van der Waals surface area contributed by atoms with Gasteiger partial charge in [0.15, 0.2) is 0 Å². The van der Waals surface area contributed by atoms with Crippen LogP contribution in [0.1, 0.15) is 30.9 Å². The molecule has 5 heteroatoms. The van der Waals surface area contributed by atoms with Crippen LogP contribution in [0, 0.1) is 0 Å². The van der Waals surface area contributed by atoms with Crippen molar-refractivity contribution >= 4 is 5.91 Å². The molecule has 1 heterocycles. The normalized spacial score (nSPS) is 19.4. The van der Waals surface area contributed by atoms with Gasteiger partial charge >= 0.3 is 0 Å². The van der Waals surface area contributed by atoms with E-state index in [4.69, 9.17) is 15.2 Å². The molecule has 0 spiro atoms. The van der Waals surface area contributed by atoms with Crippen LogP contribution in [0.2, 0.25) is 0 Å². The zero-order valence-corrected chi connectivity index (χ0v) is 12.3. The van der Waals surface area contributed by atoms with Crippen LogP contribution in [0.15, 0.2) is 30.3 Å². The summed E-state index contributed by atoms with van der Waals surface area (Å²) < 4.78 is 11.0. The lowest BCUT2D eigenvalue weighted by Gasteiger charge is -2.13. The third-order valence-electron chi connectivity index (χ3n) is 3.53. The Morgan fingerprint density at radius 3 is 2.95 bits per heavy atom. The molecular formula is C16H24N2O3. The van der Waals surface area contributed by atoms with Crippen molar-refractivity contribution in [3.63, 3.8) is 0 Å². The van der Waals surface area contributed by atoms with E-state index in [1.165, 1.54) is 0 Å². The zero-order valence-electron chi connectivity index (χ0n) is 12.3. The molecule has 0 bridgehead atoms. The summed E-state index contributed by atoms with van der Waals surface area (Å²) in [7, 11) is 0. The number of carbonyl (C=O) groups is 1. The van der Waals surface area contributed by atoms with Crippen molar-refractivity contribution in [3.8, 4) is 0 Å². The molecule has 1 aromatic rings. The molecule has 1 aromatic carbocycles. The second-order valence-electron chi connectivity index (χ2n) is 5.24. The Hall–Kier alpha value is -1.43. The molecule has 2 rings (SSSR count). The van der Waals surface area contributed by atoms with Crippen molar-refractivity contribution in [1.29, 1.82) is 0 Å². The molecule has 1 aliphatic rings. The molecule has 1 fully saturated rings. The van der Waals surface area contributed by atoms with E-state index < -0.39 is 6.04 Å². The number of hydrogen-bond donors (Lipinski definition) is 2. The first-order valence-corrected chi connectivity index (χ1v) is 7.55. The molecule has 0 saturated carbocycles. The van der Waals surface area contributed by atoms with E-state index in [1.54, 1.807) is 0 Å².